The predicted molar refractivity (Wildman–Crippen MR) is 125 cm³/mol. The van der Waals surface area contributed by atoms with Crippen molar-refractivity contribution in [1.29, 1.82) is 0 Å². The average Bonchev–Trinajstić information content (AvgIpc) is 2.95. The molecule has 1 saturated carbocycles. The summed E-state index contributed by atoms with van der Waals surface area (Å²) in [5, 5.41) is 0.820. The van der Waals surface area contributed by atoms with E-state index in [1.807, 2.05) is 6.07 Å². The predicted octanol–water partition coefficient (Wildman–Crippen LogP) is 8.54. The summed E-state index contributed by atoms with van der Waals surface area (Å²) in [6.07, 6.45) is 6.66. The van der Waals surface area contributed by atoms with Crippen molar-refractivity contribution < 1.29 is 0 Å². The Kier molecular flexibility index (Phi) is 4.40. The van der Waals surface area contributed by atoms with E-state index in [9.17, 15) is 0 Å². The van der Waals surface area contributed by atoms with E-state index < -0.39 is 0 Å². The van der Waals surface area contributed by atoms with Gasteiger partial charge in [-0.2, -0.15) is 0 Å². The van der Waals surface area contributed by atoms with Crippen LogP contribution in [-0.4, -0.2) is 0 Å². The third-order valence-corrected chi connectivity index (χ3v) is 7.72. The van der Waals surface area contributed by atoms with Gasteiger partial charge in [0, 0.05) is 10.4 Å². The second-order valence-corrected chi connectivity index (χ2v) is 10.2. The lowest BCUT2D eigenvalue weighted by Crippen LogP contribution is -2.25. The van der Waals surface area contributed by atoms with E-state index in [2.05, 4.69) is 75.4 Å². The maximum Gasteiger partial charge on any atom is 0.0409 e. The van der Waals surface area contributed by atoms with Crippen LogP contribution in [0.2, 0.25) is 5.02 Å². The molecule has 2 aliphatic carbocycles. The third kappa shape index (κ3) is 2.96. The molecule has 0 bridgehead atoms. The summed E-state index contributed by atoms with van der Waals surface area (Å²) in [4.78, 5) is 0. The largest absolute Gasteiger partial charge is 0.0843 e. The van der Waals surface area contributed by atoms with Crippen LogP contribution < -0.4 is 0 Å². The van der Waals surface area contributed by atoms with E-state index in [1.54, 1.807) is 0 Å². The number of hydrogen-bond acceptors (Lipinski definition) is 0. The van der Waals surface area contributed by atoms with E-state index in [0.29, 0.717) is 5.41 Å². The van der Waals surface area contributed by atoms with Crippen LogP contribution in [0.5, 0.6) is 0 Å². The molecule has 1 heteroatoms. The summed E-state index contributed by atoms with van der Waals surface area (Å²) in [5.41, 5.74) is 9.97. The molecule has 0 amide bonds. The van der Waals surface area contributed by atoms with E-state index >= 15 is 0 Å². The van der Waals surface area contributed by atoms with Crippen LogP contribution in [0.3, 0.4) is 0 Å². The van der Waals surface area contributed by atoms with Gasteiger partial charge < -0.3 is 0 Å². The number of fused-ring (bicyclic) bond motifs is 3. The van der Waals surface area contributed by atoms with Crippen LogP contribution in [0.15, 0.2) is 60.7 Å². The fourth-order valence-electron chi connectivity index (χ4n) is 5.74. The standard InChI is InChI=1S/C28H29Cl/c1-27(2)25-17-19(11-13-22(25)23-14-12-20(29)18-26(23)27)21-9-5-6-10-24(21)28(3)15-7-4-8-16-28/h5-6,9-14,17-18H,4,7-8,15-16H2,1-3H3. The lowest BCUT2D eigenvalue weighted by molar-refractivity contribution is 0.320. The molecule has 1 fully saturated rings. The minimum atomic E-state index is -0.0325. The Morgan fingerprint density at radius 3 is 2.07 bits per heavy atom. The summed E-state index contributed by atoms with van der Waals surface area (Å²) < 4.78 is 0. The van der Waals surface area contributed by atoms with E-state index in [0.717, 1.165) is 5.02 Å². The van der Waals surface area contributed by atoms with Crippen LogP contribution in [0.4, 0.5) is 0 Å². The normalized spacial score (nSPS) is 18.9. The van der Waals surface area contributed by atoms with Gasteiger partial charge in [0.25, 0.3) is 0 Å². The van der Waals surface area contributed by atoms with Crippen molar-refractivity contribution in [2.24, 2.45) is 0 Å². The van der Waals surface area contributed by atoms with Gasteiger partial charge in [0.05, 0.1) is 0 Å². The first-order chi connectivity index (χ1) is 13.9. The molecule has 0 spiro atoms. The average molecular weight is 401 g/mol. The Morgan fingerprint density at radius 1 is 0.655 bits per heavy atom. The number of rotatable bonds is 2. The highest BCUT2D eigenvalue weighted by Crippen LogP contribution is 2.51. The smallest absolute Gasteiger partial charge is 0.0409 e. The van der Waals surface area contributed by atoms with Crippen molar-refractivity contribution >= 4 is 11.6 Å². The first-order valence-corrected chi connectivity index (χ1v) is 11.3. The molecule has 3 aromatic rings. The monoisotopic (exact) mass is 400 g/mol. The molecule has 0 saturated heterocycles. The molecule has 0 atom stereocenters. The topological polar surface area (TPSA) is 0 Å². The number of benzene rings is 3. The van der Waals surface area contributed by atoms with Crippen molar-refractivity contribution in [2.75, 3.05) is 0 Å². The minimum Gasteiger partial charge on any atom is -0.0843 e. The van der Waals surface area contributed by atoms with Gasteiger partial charge in [-0.25, -0.2) is 0 Å². The zero-order chi connectivity index (χ0) is 20.2. The summed E-state index contributed by atoms with van der Waals surface area (Å²) >= 11 is 6.34. The summed E-state index contributed by atoms with van der Waals surface area (Å²) in [5.74, 6) is 0. The van der Waals surface area contributed by atoms with E-state index in [1.165, 1.54) is 71.0 Å². The molecule has 0 unspecified atom stereocenters. The summed E-state index contributed by atoms with van der Waals surface area (Å²) in [6.45, 7) is 7.12. The highest BCUT2D eigenvalue weighted by molar-refractivity contribution is 6.30. The molecule has 3 aromatic carbocycles. The summed E-state index contributed by atoms with van der Waals surface area (Å²) in [6, 6.07) is 22.5. The minimum absolute atomic E-state index is 0.0325. The summed E-state index contributed by atoms with van der Waals surface area (Å²) in [7, 11) is 0. The van der Waals surface area contributed by atoms with Gasteiger partial charge in [0.1, 0.15) is 0 Å². The van der Waals surface area contributed by atoms with Crippen molar-refractivity contribution in [3.63, 3.8) is 0 Å². The molecule has 0 N–H and O–H groups in total. The first kappa shape index (κ1) is 18.9. The van der Waals surface area contributed by atoms with E-state index in [-0.39, 0.29) is 5.41 Å². The zero-order valence-electron chi connectivity index (χ0n) is 17.7. The molecule has 5 rings (SSSR count). The molecule has 148 valence electrons. The van der Waals surface area contributed by atoms with Gasteiger partial charge in [-0.05, 0) is 75.4 Å². The highest BCUT2D eigenvalue weighted by atomic mass is 35.5. The molecule has 0 aromatic heterocycles. The lowest BCUT2D eigenvalue weighted by Gasteiger charge is -2.36. The molecular formula is C28H29Cl. The Hall–Kier alpha value is -2.05. The fourth-order valence-corrected chi connectivity index (χ4v) is 5.91. The van der Waals surface area contributed by atoms with Crippen LogP contribution in [0.25, 0.3) is 22.3 Å². The van der Waals surface area contributed by atoms with Crippen LogP contribution in [-0.2, 0) is 10.8 Å². The second-order valence-electron chi connectivity index (χ2n) is 9.74. The Morgan fingerprint density at radius 2 is 1.31 bits per heavy atom. The number of hydrogen-bond donors (Lipinski definition) is 0. The van der Waals surface area contributed by atoms with Gasteiger partial charge in [-0.3, -0.25) is 0 Å². The van der Waals surface area contributed by atoms with E-state index in [4.69, 9.17) is 11.6 Å². The Bertz CT molecular complexity index is 1080. The maximum atomic E-state index is 6.34. The molecule has 2 aliphatic rings. The molecular weight excluding hydrogens is 372 g/mol. The van der Waals surface area contributed by atoms with Crippen molar-refractivity contribution in [2.45, 2.75) is 63.7 Å². The van der Waals surface area contributed by atoms with Crippen LogP contribution in [0.1, 0.15) is 69.6 Å². The van der Waals surface area contributed by atoms with Gasteiger partial charge >= 0.3 is 0 Å². The van der Waals surface area contributed by atoms with Gasteiger partial charge in [0.2, 0.25) is 0 Å². The first-order valence-electron chi connectivity index (χ1n) is 10.9. The molecule has 0 nitrogen and oxygen atoms in total. The SMILES string of the molecule is CC1(c2ccccc2-c2ccc3c(c2)C(C)(C)c2cc(Cl)ccc2-3)CCCCC1. The fraction of sp³-hybridized carbons (Fsp3) is 0.357. The molecule has 0 radical (unpaired) electrons. The van der Waals surface area contributed by atoms with Crippen molar-refractivity contribution in [3.05, 3.63) is 82.4 Å². The lowest BCUT2D eigenvalue weighted by atomic mass is 9.69. The van der Waals surface area contributed by atoms with Gasteiger partial charge in [-0.1, -0.05) is 94.1 Å². The third-order valence-electron chi connectivity index (χ3n) is 7.48. The van der Waals surface area contributed by atoms with Crippen molar-refractivity contribution in [3.8, 4) is 22.3 Å². The maximum absolute atomic E-state index is 6.34. The highest BCUT2D eigenvalue weighted by Gasteiger charge is 2.36. The van der Waals surface area contributed by atoms with Gasteiger partial charge in [-0.15, -0.1) is 0 Å². The van der Waals surface area contributed by atoms with Crippen LogP contribution in [0, 0.1) is 0 Å². The second kappa shape index (κ2) is 6.74. The Balaban J connectivity index is 1.65. The van der Waals surface area contributed by atoms with Crippen molar-refractivity contribution in [1.82, 2.24) is 0 Å². The zero-order valence-corrected chi connectivity index (χ0v) is 18.4. The molecule has 29 heavy (non-hydrogen) atoms. The van der Waals surface area contributed by atoms with Gasteiger partial charge in [0.15, 0.2) is 0 Å². The quantitative estimate of drug-likeness (QED) is 0.404. The molecule has 0 aliphatic heterocycles. The molecule has 0 heterocycles. The van der Waals surface area contributed by atoms with Crippen LogP contribution >= 0.6 is 11.6 Å². The number of halogens is 1. The Labute approximate surface area is 179 Å².